The number of methoxy groups -OCH3 is 1. The van der Waals surface area contributed by atoms with E-state index in [1.165, 1.54) is 12.7 Å². The van der Waals surface area contributed by atoms with Crippen LogP contribution in [0.15, 0.2) is 48.5 Å². The molecule has 0 heterocycles. The normalized spacial score (nSPS) is 11.9. The first-order valence-corrected chi connectivity index (χ1v) is 6.63. The van der Waals surface area contributed by atoms with Gasteiger partial charge in [0.05, 0.1) is 12.7 Å². The minimum Gasteiger partial charge on any atom is -0.465 e. The van der Waals surface area contributed by atoms with Gasteiger partial charge in [0.1, 0.15) is 0 Å². The fraction of sp³-hybridized carbons (Fsp3) is 0.235. The van der Waals surface area contributed by atoms with Crippen molar-refractivity contribution >= 4 is 5.97 Å². The molecular weight excluding hydrogens is 250 g/mol. The lowest BCUT2D eigenvalue weighted by Crippen LogP contribution is -2.17. The topological polar surface area (TPSA) is 52.3 Å². The van der Waals surface area contributed by atoms with Gasteiger partial charge in [0.15, 0.2) is 0 Å². The highest BCUT2D eigenvalue weighted by atomic mass is 16.5. The highest BCUT2D eigenvalue weighted by molar-refractivity contribution is 5.89. The van der Waals surface area contributed by atoms with Crippen molar-refractivity contribution < 1.29 is 9.53 Å². The maximum atomic E-state index is 11.4. The predicted molar refractivity (Wildman–Crippen MR) is 80.6 cm³/mol. The van der Waals surface area contributed by atoms with Gasteiger partial charge in [0, 0.05) is 6.04 Å². The van der Waals surface area contributed by atoms with E-state index in [1.54, 1.807) is 12.1 Å². The Labute approximate surface area is 119 Å². The molecule has 0 spiro atoms. The Bertz CT molecular complexity index is 571. The number of hydrogen-bond donors (Lipinski definition) is 1. The Morgan fingerprint density at radius 2 is 1.55 bits per heavy atom. The summed E-state index contributed by atoms with van der Waals surface area (Å²) in [7, 11) is 1.38. The highest BCUT2D eigenvalue weighted by Gasteiger charge is 2.05. The zero-order chi connectivity index (χ0) is 14.5. The molecule has 0 radical (unpaired) electrons. The number of carbonyl (C=O) groups is 1. The molecule has 0 amide bonds. The molecular formula is C17H19NO2. The first-order chi connectivity index (χ1) is 9.60. The highest BCUT2D eigenvalue weighted by Crippen LogP contribution is 2.21. The average Bonchev–Trinajstić information content (AvgIpc) is 2.47. The van der Waals surface area contributed by atoms with E-state index in [4.69, 9.17) is 5.73 Å². The molecule has 0 saturated carbocycles. The summed E-state index contributed by atoms with van der Waals surface area (Å²) in [5, 5.41) is 0. The van der Waals surface area contributed by atoms with Gasteiger partial charge in [-0.05, 0) is 42.2 Å². The smallest absolute Gasteiger partial charge is 0.337 e. The van der Waals surface area contributed by atoms with Crippen LogP contribution in [-0.4, -0.2) is 19.1 Å². The monoisotopic (exact) mass is 269 g/mol. The third kappa shape index (κ3) is 3.45. The molecule has 0 saturated heterocycles. The van der Waals surface area contributed by atoms with Crippen LogP contribution < -0.4 is 5.73 Å². The van der Waals surface area contributed by atoms with Crippen molar-refractivity contribution in [2.24, 2.45) is 5.73 Å². The van der Waals surface area contributed by atoms with Gasteiger partial charge in [0.25, 0.3) is 0 Å². The maximum absolute atomic E-state index is 11.4. The van der Waals surface area contributed by atoms with Gasteiger partial charge in [-0.25, -0.2) is 4.79 Å². The van der Waals surface area contributed by atoms with E-state index in [0.29, 0.717) is 5.56 Å². The Balaban J connectivity index is 2.17. The molecule has 3 heteroatoms. The van der Waals surface area contributed by atoms with E-state index in [2.05, 4.69) is 29.0 Å². The molecule has 2 N–H and O–H groups in total. The van der Waals surface area contributed by atoms with E-state index in [0.717, 1.165) is 17.5 Å². The number of esters is 1. The van der Waals surface area contributed by atoms with Gasteiger partial charge < -0.3 is 10.5 Å². The van der Waals surface area contributed by atoms with E-state index >= 15 is 0 Å². The Morgan fingerprint density at radius 3 is 2.00 bits per heavy atom. The standard InChI is InChI=1S/C17H19NO2/c1-12(18)11-13-3-5-14(6-4-13)15-7-9-16(10-8-15)17(19)20-2/h3-10,12H,11,18H2,1-2H3. The van der Waals surface area contributed by atoms with Crippen molar-refractivity contribution in [1.82, 2.24) is 0 Å². The van der Waals surface area contributed by atoms with Crippen molar-refractivity contribution in [3.05, 3.63) is 59.7 Å². The molecule has 1 atom stereocenters. The van der Waals surface area contributed by atoms with Crippen molar-refractivity contribution in [1.29, 1.82) is 0 Å². The SMILES string of the molecule is COC(=O)c1ccc(-c2ccc(CC(C)N)cc2)cc1. The third-order valence-electron chi connectivity index (χ3n) is 3.15. The molecule has 1 unspecified atom stereocenters. The van der Waals surface area contributed by atoms with Crippen LogP contribution in [-0.2, 0) is 11.2 Å². The van der Waals surface area contributed by atoms with Crippen molar-refractivity contribution in [3.63, 3.8) is 0 Å². The Kier molecular flexibility index (Phi) is 4.53. The van der Waals surface area contributed by atoms with Crippen LogP contribution in [0.4, 0.5) is 0 Å². The van der Waals surface area contributed by atoms with Crippen LogP contribution in [0.25, 0.3) is 11.1 Å². The van der Waals surface area contributed by atoms with Crippen LogP contribution in [0, 0.1) is 0 Å². The van der Waals surface area contributed by atoms with Crippen LogP contribution in [0.1, 0.15) is 22.8 Å². The lowest BCUT2D eigenvalue weighted by Gasteiger charge is -2.07. The fourth-order valence-corrected chi connectivity index (χ4v) is 2.12. The lowest BCUT2D eigenvalue weighted by atomic mass is 10.0. The van der Waals surface area contributed by atoms with E-state index in [9.17, 15) is 4.79 Å². The molecule has 104 valence electrons. The summed E-state index contributed by atoms with van der Waals surface area (Å²) >= 11 is 0. The summed E-state index contributed by atoms with van der Waals surface area (Å²) in [5.41, 5.74) is 9.77. The van der Waals surface area contributed by atoms with Gasteiger partial charge in [-0.2, -0.15) is 0 Å². The van der Waals surface area contributed by atoms with Crippen LogP contribution in [0.5, 0.6) is 0 Å². The summed E-state index contributed by atoms with van der Waals surface area (Å²) in [6.45, 7) is 2.00. The van der Waals surface area contributed by atoms with Crippen LogP contribution in [0.3, 0.4) is 0 Å². The number of nitrogens with two attached hydrogens (primary N) is 1. The molecule has 20 heavy (non-hydrogen) atoms. The van der Waals surface area contributed by atoms with Crippen molar-refractivity contribution in [2.75, 3.05) is 7.11 Å². The molecule has 2 rings (SSSR count). The molecule has 0 aromatic heterocycles. The summed E-state index contributed by atoms with van der Waals surface area (Å²) in [6.07, 6.45) is 0.877. The van der Waals surface area contributed by atoms with E-state index in [-0.39, 0.29) is 12.0 Å². The molecule has 0 fully saturated rings. The number of benzene rings is 2. The van der Waals surface area contributed by atoms with Crippen LogP contribution >= 0.6 is 0 Å². The Hall–Kier alpha value is -2.13. The van der Waals surface area contributed by atoms with Gasteiger partial charge in [-0.15, -0.1) is 0 Å². The minimum absolute atomic E-state index is 0.167. The quantitative estimate of drug-likeness (QED) is 0.868. The number of rotatable bonds is 4. The fourth-order valence-electron chi connectivity index (χ4n) is 2.12. The molecule has 0 aliphatic carbocycles. The van der Waals surface area contributed by atoms with E-state index in [1.807, 2.05) is 19.1 Å². The largest absolute Gasteiger partial charge is 0.465 e. The first-order valence-electron chi connectivity index (χ1n) is 6.63. The lowest BCUT2D eigenvalue weighted by molar-refractivity contribution is 0.0601. The summed E-state index contributed by atoms with van der Waals surface area (Å²) in [5.74, 6) is -0.316. The zero-order valence-electron chi connectivity index (χ0n) is 11.8. The second-order valence-electron chi connectivity index (χ2n) is 4.95. The molecule has 3 nitrogen and oxygen atoms in total. The molecule has 0 aliphatic heterocycles. The zero-order valence-corrected chi connectivity index (χ0v) is 11.8. The summed E-state index contributed by atoms with van der Waals surface area (Å²) in [4.78, 5) is 11.4. The van der Waals surface area contributed by atoms with Gasteiger partial charge in [-0.1, -0.05) is 36.4 Å². The second kappa shape index (κ2) is 6.35. The second-order valence-corrected chi connectivity index (χ2v) is 4.95. The average molecular weight is 269 g/mol. The van der Waals surface area contributed by atoms with Crippen molar-refractivity contribution in [2.45, 2.75) is 19.4 Å². The molecule has 2 aromatic carbocycles. The Morgan fingerprint density at radius 1 is 1.05 bits per heavy atom. The molecule has 0 bridgehead atoms. The predicted octanol–water partition coefficient (Wildman–Crippen LogP) is 3.03. The van der Waals surface area contributed by atoms with Crippen molar-refractivity contribution in [3.8, 4) is 11.1 Å². The van der Waals surface area contributed by atoms with Gasteiger partial charge >= 0.3 is 5.97 Å². The number of carbonyl (C=O) groups excluding carboxylic acids is 1. The number of ether oxygens (including phenoxy) is 1. The first kappa shape index (κ1) is 14.3. The summed E-state index contributed by atoms with van der Waals surface area (Å²) < 4.78 is 4.68. The summed E-state index contributed by atoms with van der Waals surface area (Å²) in [6, 6.07) is 15.9. The molecule has 0 aliphatic rings. The van der Waals surface area contributed by atoms with E-state index < -0.39 is 0 Å². The minimum atomic E-state index is -0.316. The van der Waals surface area contributed by atoms with Crippen LogP contribution in [0.2, 0.25) is 0 Å². The molecule has 2 aromatic rings. The van der Waals surface area contributed by atoms with Gasteiger partial charge in [-0.3, -0.25) is 0 Å². The third-order valence-corrected chi connectivity index (χ3v) is 3.15. The number of hydrogen-bond acceptors (Lipinski definition) is 3. The maximum Gasteiger partial charge on any atom is 0.337 e. The van der Waals surface area contributed by atoms with Gasteiger partial charge in [0.2, 0.25) is 0 Å².